The number of halogens is 2. The first-order chi connectivity index (χ1) is 14.0. The monoisotopic (exact) mass is 398 g/mol. The summed E-state index contributed by atoms with van der Waals surface area (Å²) in [6.45, 7) is 5.73. The van der Waals surface area contributed by atoms with Gasteiger partial charge in [0.2, 0.25) is 5.95 Å². The van der Waals surface area contributed by atoms with Crippen LogP contribution in [0.2, 0.25) is 0 Å². The molecule has 0 atom stereocenters. The maximum absolute atomic E-state index is 13.4. The van der Waals surface area contributed by atoms with E-state index in [-0.39, 0.29) is 5.69 Å². The number of ether oxygens (including phenoxy) is 1. The Hall–Kier alpha value is -3.07. The fourth-order valence-electron chi connectivity index (χ4n) is 3.63. The third kappa shape index (κ3) is 3.65. The van der Waals surface area contributed by atoms with Gasteiger partial charge in [0, 0.05) is 31.0 Å². The molecule has 2 aromatic heterocycles. The minimum atomic E-state index is -0.670. The molecule has 0 unspecified atom stereocenters. The first-order valence-electron chi connectivity index (χ1n) is 9.50. The number of benzene rings is 1. The predicted molar refractivity (Wildman–Crippen MR) is 104 cm³/mol. The van der Waals surface area contributed by atoms with Gasteiger partial charge in [-0.1, -0.05) is 0 Å². The van der Waals surface area contributed by atoms with Gasteiger partial charge in [0.05, 0.1) is 18.9 Å². The second-order valence-corrected chi connectivity index (χ2v) is 7.62. The summed E-state index contributed by atoms with van der Waals surface area (Å²) in [6, 6.07) is 7.16. The van der Waals surface area contributed by atoms with Crippen molar-refractivity contribution in [3.63, 3.8) is 0 Å². The summed E-state index contributed by atoms with van der Waals surface area (Å²) < 4.78 is 33.5. The summed E-state index contributed by atoms with van der Waals surface area (Å²) in [5, 5.41) is 7.32. The molecule has 2 aliphatic rings. The lowest BCUT2D eigenvalue weighted by Crippen LogP contribution is -2.54. The van der Waals surface area contributed by atoms with Crippen LogP contribution in [0.1, 0.15) is 5.56 Å². The minimum absolute atomic E-state index is 0.257. The lowest BCUT2D eigenvalue weighted by molar-refractivity contribution is -0.0660. The van der Waals surface area contributed by atoms with Gasteiger partial charge >= 0.3 is 0 Å². The molecule has 2 aliphatic heterocycles. The van der Waals surface area contributed by atoms with Gasteiger partial charge in [-0.15, -0.1) is 5.10 Å². The number of pyridine rings is 1. The van der Waals surface area contributed by atoms with Crippen LogP contribution in [-0.2, 0) is 4.74 Å². The van der Waals surface area contributed by atoms with Crippen molar-refractivity contribution in [2.75, 3.05) is 36.5 Å². The van der Waals surface area contributed by atoms with Crippen molar-refractivity contribution in [3.8, 4) is 5.69 Å². The quantitative estimate of drug-likeness (QED) is 0.713. The first-order valence-corrected chi connectivity index (χ1v) is 9.50. The SMILES string of the molecule is Cc1cc(Nc2ncn(-c3cc(F)cc(F)c3)n2)nc(N2CC(C3COC3)C2)c1. The maximum atomic E-state index is 13.4. The molecule has 0 spiro atoms. The number of hydrogen-bond donors (Lipinski definition) is 1. The van der Waals surface area contributed by atoms with Gasteiger partial charge in [0.25, 0.3) is 0 Å². The molecule has 3 aromatic rings. The number of rotatable bonds is 5. The molecule has 0 bridgehead atoms. The van der Waals surface area contributed by atoms with Crippen molar-refractivity contribution >= 4 is 17.6 Å². The largest absolute Gasteiger partial charge is 0.381 e. The zero-order chi connectivity index (χ0) is 20.0. The highest BCUT2D eigenvalue weighted by molar-refractivity contribution is 5.56. The Balaban J connectivity index is 1.31. The van der Waals surface area contributed by atoms with E-state index in [0.717, 1.165) is 43.8 Å². The number of anilines is 3. The van der Waals surface area contributed by atoms with Crippen molar-refractivity contribution in [2.24, 2.45) is 11.8 Å². The minimum Gasteiger partial charge on any atom is -0.381 e. The van der Waals surface area contributed by atoms with E-state index in [1.807, 2.05) is 13.0 Å². The number of nitrogens with zero attached hydrogens (tertiary/aromatic N) is 5. The van der Waals surface area contributed by atoms with E-state index in [9.17, 15) is 8.78 Å². The molecule has 1 aromatic carbocycles. The molecule has 0 amide bonds. The standard InChI is InChI=1S/C20H20F2N6O/c1-12-2-18(24-19(3-12)27-7-13(8-27)14-9-29-10-14)25-20-23-11-28(26-20)17-5-15(21)4-16(22)6-17/h2-6,11,13-14H,7-10H2,1H3,(H,24,25,26). The molecular weight excluding hydrogens is 378 g/mol. The van der Waals surface area contributed by atoms with Gasteiger partial charge in [-0.05, 0) is 36.8 Å². The molecule has 150 valence electrons. The number of aryl methyl sites for hydroxylation is 1. The third-order valence-corrected chi connectivity index (χ3v) is 5.36. The smallest absolute Gasteiger partial charge is 0.248 e. The third-order valence-electron chi connectivity index (χ3n) is 5.36. The lowest BCUT2D eigenvalue weighted by atomic mass is 9.84. The van der Waals surface area contributed by atoms with Gasteiger partial charge in [0.15, 0.2) is 0 Å². The van der Waals surface area contributed by atoms with E-state index in [1.54, 1.807) is 0 Å². The summed E-state index contributed by atoms with van der Waals surface area (Å²) in [7, 11) is 0. The highest BCUT2D eigenvalue weighted by atomic mass is 19.1. The Morgan fingerprint density at radius 3 is 2.48 bits per heavy atom. The number of hydrogen-bond acceptors (Lipinski definition) is 6. The fraction of sp³-hybridized carbons (Fsp3) is 0.350. The normalized spacial score (nSPS) is 17.1. The Labute approximate surface area is 166 Å². The molecule has 0 radical (unpaired) electrons. The van der Waals surface area contributed by atoms with Gasteiger partial charge in [-0.25, -0.2) is 18.4 Å². The Bertz CT molecular complexity index is 1020. The molecule has 0 saturated carbocycles. The highest BCUT2D eigenvalue weighted by Crippen LogP contribution is 2.33. The van der Waals surface area contributed by atoms with Crippen LogP contribution in [0, 0.1) is 30.4 Å². The summed E-state index contributed by atoms with van der Waals surface area (Å²) in [5.74, 6) is 1.84. The summed E-state index contributed by atoms with van der Waals surface area (Å²) in [4.78, 5) is 11.1. The predicted octanol–water partition coefficient (Wildman–Crippen LogP) is 3.08. The van der Waals surface area contributed by atoms with Gasteiger partial charge in [0.1, 0.15) is 29.6 Å². The Morgan fingerprint density at radius 2 is 1.79 bits per heavy atom. The van der Waals surface area contributed by atoms with Gasteiger partial charge < -0.3 is 15.0 Å². The number of aromatic nitrogens is 4. The summed E-state index contributed by atoms with van der Waals surface area (Å²) in [5.41, 5.74) is 1.33. The van der Waals surface area contributed by atoms with E-state index >= 15 is 0 Å². The summed E-state index contributed by atoms with van der Waals surface area (Å²) >= 11 is 0. The molecular formula is C20H20F2N6O. The van der Waals surface area contributed by atoms with Crippen LogP contribution in [-0.4, -0.2) is 46.1 Å². The Kier molecular flexibility index (Phi) is 4.39. The molecule has 5 rings (SSSR count). The average Bonchev–Trinajstić information content (AvgIpc) is 3.03. The lowest BCUT2D eigenvalue weighted by Gasteiger charge is -2.46. The maximum Gasteiger partial charge on any atom is 0.248 e. The van der Waals surface area contributed by atoms with Crippen molar-refractivity contribution < 1.29 is 13.5 Å². The van der Waals surface area contributed by atoms with E-state index in [4.69, 9.17) is 4.74 Å². The van der Waals surface area contributed by atoms with Crippen molar-refractivity contribution in [1.82, 2.24) is 19.7 Å². The summed E-state index contributed by atoms with van der Waals surface area (Å²) in [6.07, 6.45) is 1.40. The zero-order valence-corrected chi connectivity index (χ0v) is 15.8. The van der Waals surface area contributed by atoms with Crippen LogP contribution >= 0.6 is 0 Å². The molecule has 1 N–H and O–H groups in total. The zero-order valence-electron chi connectivity index (χ0n) is 15.8. The van der Waals surface area contributed by atoms with Crippen LogP contribution in [0.25, 0.3) is 5.69 Å². The van der Waals surface area contributed by atoms with Crippen LogP contribution in [0.5, 0.6) is 0 Å². The van der Waals surface area contributed by atoms with E-state index in [1.165, 1.54) is 23.1 Å². The topological polar surface area (TPSA) is 68.1 Å². The second kappa shape index (κ2) is 7.07. The van der Waals surface area contributed by atoms with Crippen LogP contribution in [0.15, 0.2) is 36.7 Å². The van der Waals surface area contributed by atoms with Crippen molar-refractivity contribution in [3.05, 3.63) is 53.9 Å². The second-order valence-electron chi connectivity index (χ2n) is 7.62. The first kappa shape index (κ1) is 18.0. The molecule has 2 saturated heterocycles. The van der Waals surface area contributed by atoms with Gasteiger partial charge in [-0.3, -0.25) is 0 Å². The molecule has 7 nitrogen and oxygen atoms in total. The molecule has 9 heteroatoms. The fourth-order valence-corrected chi connectivity index (χ4v) is 3.63. The van der Waals surface area contributed by atoms with Crippen molar-refractivity contribution in [1.29, 1.82) is 0 Å². The van der Waals surface area contributed by atoms with Crippen LogP contribution < -0.4 is 10.2 Å². The van der Waals surface area contributed by atoms with E-state index < -0.39 is 11.6 Å². The number of nitrogens with one attached hydrogen (secondary N) is 1. The average molecular weight is 398 g/mol. The molecule has 29 heavy (non-hydrogen) atoms. The van der Waals surface area contributed by atoms with Crippen molar-refractivity contribution in [2.45, 2.75) is 6.92 Å². The highest BCUT2D eigenvalue weighted by Gasteiger charge is 2.37. The molecule has 4 heterocycles. The van der Waals surface area contributed by atoms with Crippen LogP contribution in [0.3, 0.4) is 0 Å². The van der Waals surface area contributed by atoms with E-state index in [2.05, 4.69) is 31.3 Å². The van der Waals surface area contributed by atoms with Gasteiger partial charge in [-0.2, -0.15) is 4.98 Å². The molecule has 0 aliphatic carbocycles. The molecule has 2 fully saturated rings. The van der Waals surface area contributed by atoms with E-state index in [0.29, 0.717) is 23.6 Å². The van der Waals surface area contributed by atoms with Crippen LogP contribution in [0.4, 0.5) is 26.4 Å². The Morgan fingerprint density at radius 1 is 1.03 bits per heavy atom.